The number of para-hydroxylation sites is 2. The highest BCUT2D eigenvalue weighted by molar-refractivity contribution is 6.19. The summed E-state index contributed by atoms with van der Waals surface area (Å²) in [5, 5.41) is 11.2. The van der Waals surface area contributed by atoms with E-state index in [1.165, 1.54) is 32.3 Å². The van der Waals surface area contributed by atoms with E-state index in [-0.39, 0.29) is 0 Å². The second-order valence-corrected chi connectivity index (χ2v) is 16.8. The molecule has 0 amide bonds. The molecule has 0 bridgehead atoms. The van der Waals surface area contributed by atoms with Gasteiger partial charge in [-0.3, -0.25) is 0 Å². The number of rotatable bonds is 5. The summed E-state index contributed by atoms with van der Waals surface area (Å²) >= 11 is 0. The minimum atomic E-state index is 0.537. The number of hydrogen-bond donors (Lipinski definition) is 0. The molecule has 0 radical (unpaired) electrons. The molecule has 0 aliphatic heterocycles. The molecule has 4 aromatic heterocycles. The first-order valence-electron chi connectivity index (χ1n) is 21.8. The average Bonchev–Trinajstić information content (AvgIpc) is 4.03. The van der Waals surface area contributed by atoms with E-state index in [1.54, 1.807) is 0 Å². The lowest BCUT2D eigenvalue weighted by atomic mass is 10.0. The molecule has 302 valence electrons. The van der Waals surface area contributed by atoms with Gasteiger partial charge in [-0.05, 0) is 99.4 Å². The molecule has 6 nitrogen and oxygen atoms in total. The van der Waals surface area contributed by atoms with Crippen molar-refractivity contribution in [3.05, 3.63) is 206 Å². The fourth-order valence-electron chi connectivity index (χ4n) is 9.86. The highest BCUT2D eigenvalue weighted by atomic mass is 16.3. The third kappa shape index (κ3) is 5.64. The molecular formula is C59H34N4O2. The zero-order valence-corrected chi connectivity index (χ0v) is 34.7. The lowest BCUT2D eigenvalue weighted by Crippen LogP contribution is -2.01. The van der Waals surface area contributed by atoms with E-state index in [2.05, 4.69) is 162 Å². The predicted molar refractivity (Wildman–Crippen MR) is 265 cm³/mol. The van der Waals surface area contributed by atoms with Crippen LogP contribution < -0.4 is 0 Å². The van der Waals surface area contributed by atoms with E-state index in [9.17, 15) is 0 Å². The molecule has 0 unspecified atom stereocenters. The van der Waals surface area contributed by atoms with Gasteiger partial charge in [-0.15, -0.1) is 0 Å². The number of benzene rings is 10. The van der Waals surface area contributed by atoms with E-state index in [4.69, 9.17) is 23.8 Å². The number of fused-ring (bicyclic) bond motifs is 11. The molecule has 0 saturated carbocycles. The topological polar surface area (TPSA) is 69.9 Å². The van der Waals surface area contributed by atoms with Crippen LogP contribution in [0.4, 0.5) is 0 Å². The lowest BCUT2D eigenvalue weighted by molar-refractivity contribution is 0.668. The standard InChI is InChI=1S/C59H34N4O2/c1-2-12-35(13-3-1)36-22-24-37(25-23-36)57-60-58(42-26-27-54-48(30-42)44-18-8-10-20-52(44)64-54)62-59(61-57)43-33-51(56-45-19-9-11-21-53(45)65-55(56)34-43)63-49-31-40-16-6-4-14-38(40)28-46(49)47-29-39-15-5-7-17-41(39)32-50(47)63/h1-34H. The van der Waals surface area contributed by atoms with Crippen molar-refractivity contribution in [1.29, 1.82) is 0 Å². The molecule has 0 saturated heterocycles. The summed E-state index contributed by atoms with van der Waals surface area (Å²) in [6.45, 7) is 0. The Kier molecular flexibility index (Phi) is 7.59. The minimum Gasteiger partial charge on any atom is -0.456 e. The van der Waals surface area contributed by atoms with Gasteiger partial charge in [-0.1, -0.05) is 140 Å². The van der Waals surface area contributed by atoms with Gasteiger partial charge in [0.15, 0.2) is 17.5 Å². The summed E-state index contributed by atoms with van der Waals surface area (Å²) in [4.78, 5) is 15.8. The molecular weight excluding hydrogens is 797 g/mol. The van der Waals surface area contributed by atoms with Gasteiger partial charge in [-0.2, -0.15) is 0 Å². The van der Waals surface area contributed by atoms with Gasteiger partial charge >= 0.3 is 0 Å². The van der Waals surface area contributed by atoms with Crippen molar-refractivity contribution in [2.24, 2.45) is 0 Å². The predicted octanol–water partition coefficient (Wildman–Crippen LogP) is 15.7. The van der Waals surface area contributed by atoms with Crippen LogP contribution in [-0.2, 0) is 0 Å². The van der Waals surface area contributed by atoms with Crippen LogP contribution in [0.25, 0.3) is 138 Å². The SMILES string of the molecule is c1ccc(-c2ccc(-c3nc(-c4cc(-n5c6cc7ccccc7cc6c6cc7ccccc7cc65)c5c(c4)oc4ccccc45)nc(-c4ccc5oc6ccccc6c5c4)n3)cc2)cc1. The number of aromatic nitrogens is 4. The van der Waals surface area contributed by atoms with E-state index in [1.807, 2.05) is 48.5 Å². The fraction of sp³-hybridized carbons (Fsp3) is 0. The van der Waals surface area contributed by atoms with E-state index >= 15 is 0 Å². The molecule has 4 heterocycles. The normalized spacial score (nSPS) is 12.0. The first-order chi connectivity index (χ1) is 32.2. The van der Waals surface area contributed by atoms with Gasteiger partial charge in [-0.25, -0.2) is 15.0 Å². The lowest BCUT2D eigenvalue weighted by Gasteiger charge is -2.14. The monoisotopic (exact) mass is 830 g/mol. The van der Waals surface area contributed by atoms with Crippen molar-refractivity contribution in [3.8, 4) is 51.0 Å². The Labute approximate surface area is 371 Å². The van der Waals surface area contributed by atoms with Crippen LogP contribution in [0.15, 0.2) is 215 Å². The van der Waals surface area contributed by atoms with Crippen LogP contribution >= 0.6 is 0 Å². The number of furan rings is 2. The highest BCUT2D eigenvalue weighted by Crippen LogP contribution is 2.43. The average molecular weight is 831 g/mol. The maximum Gasteiger partial charge on any atom is 0.164 e. The molecule has 0 aliphatic rings. The molecule has 6 heteroatoms. The van der Waals surface area contributed by atoms with Crippen molar-refractivity contribution >= 4 is 87.2 Å². The third-order valence-corrected chi connectivity index (χ3v) is 13.0. The van der Waals surface area contributed by atoms with Crippen LogP contribution in [0.3, 0.4) is 0 Å². The van der Waals surface area contributed by atoms with Crippen LogP contribution in [0.1, 0.15) is 0 Å². The Morgan fingerprint density at radius 3 is 1.45 bits per heavy atom. The summed E-state index contributed by atoms with van der Waals surface area (Å²) in [6.07, 6.45) is 0. The Morgan fingerprint density at radius 1 is 0.292 bits per heavy atom. The quantitative estimate of drug-likeness (QED) is 0.173. The van der Waals surface area contributed by atoms with Gasteiger partial charge in [0.1, 0.15) is 22.3 Å². The van der Waals surface area contributed by atoms with Crippen LogP contribution in [0.2, 0.25) is 0 Å². The Morgan fingerprint density at radius 2 is 0.769 bits per heavy atom. The first-order valence-corrected chi connectivity index (χ1v) is 21.8. The molecule has 10 aromatic carbocycles. The van der Waals surface area contributed by atoms with Crippen molar-refractivity contribution in [3.63, 3.8) is 0 Å². The van der Waals surface area contributed by atoms with Gasteiger partial charge < -0.3 is 13.4 Å². The molecule has 0 fully saturated rings. The largest absolute Gasteiger partial charge is 0.456 e. The fourth-order valence-corrected chi connectivity index (χ4v) is 9.86. The number of nitrogens with zero attached hydrogens (tertiary/aromatic N) is 4. The maximum atomic E-state index is 6.79. The van der Waals surface area contributed by atoms with Crippen LogP contribution in [0, 0.1) is 0 Å². The molecule has 0 N–H and O–H groups in total. The molecule has 65 heavy (non-hydrogen) atoms. The molecule has 14 rings (SSSR count). The summed E-state index contributed by atoms with van der Waals surface area (Å²) in [5.41, 5.74) is 11.2. The number of hydrogen-bond acceptors (Lipinski definition) is 5. The Balaban J connectivity index is 1.05. The van der Waals surface area contributed by atoms with Gasteiger partial charge in [0.05, 0.1) is 22.1 Å². The summed E-state index contributed by atoms with van der Waals surface area (Å²) in [5.74, 6) is 1.67. The van der Waals surface area contributed by atoms with Gasteiger partial charge in [0, 0.05) is 43.6 Å². The molecule has 0 spiro atoms. The first kappa shape index (κ1) is 35.7. The smallest absolute Gasteiger partial charge is 0.164 e. The van der Waals surface area contributed by atoms with Gasteiger partial charge in [0.2, 0.25) is 0 Å². The van der Waals surface area contributed by atoms with E-state index in [0.29, 0.717) is 17.5 Å². The van der Waals surface area contributed by atoms with Crippen molar-refractivity contribution in [2.45, 2.75) is 0 Å². The van der Waals surface area contributed by atoms with Crippen LogP contribution in [-0.4, -0.2) is 19.5 Å². The maximum absolute atomic E-state index is 6.79. The van der Waals surface area contributed by atoms with Crippen molar-refractivity contribution in [2.75, 3.05) is 0 Å². The zero-order valence-electron chi connectivity index (χ0n) is 34.7. The second-order valence-electron chi connectivity index (χ2n) is 16.8. The summed E-state index contributed by atoms with van der Waals surface area (Å²) in [7, 11) is 0. The zero-order chi connectivity index (χ0) is 42.6. The van der Waals surface area contributed by atoms with E-state index in [0.717, 1.165) is 88.4 Å². The van der Waals surface area contributed by atoms with Crippen molar-refractivity contribution < 1.29 is 8.83 Å². The summed E-state index contributed by atoms with van der Waals surface area (Å²) in [6, 6.07) is 72.3. The molecule has 14 aromatic rings. The minimum absolute atomic E-state index is 0.537. The van der Waals surface area contributed by atoms with E-state index < -0.39 is 0 Å². The van der Waals surface area contributed by atoms with Crippen molar-refractivity contribution in [1.82, 2.24) is 19.5 Å². The third-order valence-electron chi connectivity index (χ3n) is 13.0. The molecule has 0 aliphatic carbocycles. The highest BCUT2D eigenvalue weighted by Gasteiger charge is 2.23. The summed E-state index contributed by atoms with van der Waals surface area (Å²) < 4.78 is 15.4. The molecule has 0 atom stereocenters. The Hall–Kier alpha value is -8.87. The second kappa shape index (κ2) is 13.8. The van der Waals surface area contributed by atoms with Gasteiger partial charge in [0.25, 0.3) is 0 Å². The Bertz CT molecular complexity index is 4140. The van der Waals surface area contributed by atoms with Crippen LogP contribution in [0.5, 0.6) is 0 Å².